The van der Waals surface area contributed by atoms with Crippen LogP contribution < -0.4 is 5.32 Å². The molecule has 1 N–H and O–H groups in total. The number of hydrogen-bond acceptors (Lipinski definition) is 2. The van der Waals surface area contributed by atoms with E-state index >= 15 is 0 Å². The van der Waals surface area contributed by atoms with Gasteiger partial charge in [-0.1, -0.05) is 18.5 Å². The second-order valence-corrected chi connectivity index (χ2v) is 4.40. The van der Waals surface area contributed by atoms with Crippen molar-refractivity contribution in [3.05, 3.63) is 16.4 Å². The molecule has 3 nitrogen and oxygen atoms in total. The number of rotatable bonds is 5. The highest BCUT2D eigenvalue weighted by Gasteiger charge is 2.13. The first-order valence-corrected chi connectivity index (χ1v) is 5.85. The maximum atomic E-state index is 6.16. The zero-order valence-electron chi connectivity index (χ0n) is 9.97. The highest BCUT2D eigenvalue weighted by Crippen LogP contribution is 2.20. The molecule has 1 heterocycles. The Morgan fingerprint density at radius 1 is 1.53 bits per heavy atom. The summed E-state index contributed by atoms with van der Waals surface area (Å²) in [6, 6.07) is 0.449. The van der Waals surface area contributed by atoms with Crippen molar-refractivity contribution in [3.63, 3.8) is 0 Å². The van der Waals surface area contributed by atoms with Crippen molar-refractivity contribution < 1.29 is 0 Å². The third-order valence-corrected chi connectivity index (χ3v) is 3.00. The second-order valence-electron chi connectivity index (χ2n) is 4.04. The summed E-state index contributed by atoms with van der Waals surface area (Å²) in [4.78, 5) is 0. The van der Waals surface area contributed by atoms with Crippen LogP contribution in [0.15, 0.2) is 0 Å². The molecule has 0 radical (unpaired) electrons. The van der Waals surface area contributed by atoms with Crippen LogP contribution in [0.25, 0.3) is 0 Å². The van der Waals surface area contributed by atoms with Gasteiger partial charge in [0.25, 0.3) is 0 Å². The van der Waals surface area contributed by atoms with Crippen molar-refractivity contribution in [3.8, 4) is 0 Å². The molecule has 1 rings (SSSR count). The molecule has 86 valence electrons. The van der Waals surface area contributed by atoms with Gasteiger partial charge in [0.2, 0.25) is 0 Å². The minimum atomic E-state index is 0.449. The van der Waals surface area contributed by atoms with Crippen LogP contribution in [0.5, 0.6) is 0 Å². The van der Waals surface area contributed by atoms with Crippen molar-refractivity contribution in [2.24, 2.45) is 7.05 Å². The summed E-state index contributed by atoms with van der Waals surface area (Å²) < 4.78 is 1.73. The largest absolute Gasteiger partial charge is 0.314 e. The summed E-state index contributed by atoms with van der Waals surface area (Å²) in [7, 11) is 1.88. The van der Waals surface area contributed by atoms with Gasteiger partial charge in [0.1, 0.15) is 5.15 Å². The third kappa shape index (κ3) is 3.21. The Hall–Kier alpha value is -0.540. The van der Waals surface area contributed by atoms with E-state index in [1.807, 2.05) is 14.0 Å². The molecule has 1 aromatic heterocycles. The fourth-order valence-corrected chi connectivity index (χ4v) is 1.93. The number of halogens is 1. The molecule has 0 saturated heterocycles. The minimum absolute atomic E-state index is 0.449. The topological polar surface area (TPSA) is 29.9 Å². The average Bonchev–Trinajstić information content (AvgIpc) is 2.42. The van der Waals surface area contributed by atoms with E-state index in [4.69, 9.17) is 11.6 Å². The number of hydrogen-bond donors (Lipinski definition) is 1. The smallest absolute Gasteiger partial charge is 0.130 e. The van der Waals surface area contributed by atoms with Gasteiger partial charge in [0.05, 0.1) is 5.69 Å². The zero-order chi connectivity index (χ0) is 11.4. The maximum absolute atomic E-state index is 6.16. The quantitative estimate of drug-likeness (QED) is 0.840. The lowest BCUT2D eigenvalue weighted by Gasteiger charge is -2.12. The number of nitrogens with one attached hydrogen (secondary N) is 1. The molecule has 0 fully saturated rings. The van der Waals surface area contributed by atoms with Gasteiger partial charge in [-0.15, -0.1) is 0 Å². The first kappa shape index (κ1) is 12.5. The molecular weight excluding hydrogens is 210 g/mol. The van der Waals surface area contributed by atoms with Crippen molar-refractivity contribution >= 4 is 11.6 Å². The van der Waals surface area contributed by atoms with Crippen LogP contribution in [0.3, 0.4) is 0 Å². The molecule has 0 aliphatic carbocycles. The molecular formula is C11H20ClN3. The average molecular weight is 230 g/mol. The molecule has 0 amide bonds. The molecule has 0 spiro atoms. The first-order valence-electron chi connectivity index (χ1n) is 5.47. The van der Waals surface area contributed by atoms with Crippen molar-refractivity contribution in [2.45, 2.75) is 39.7 Å². The van der Waals surface area contributed by atoms with Crippen molar-refractivity contribution in [1.29, 1.82) is 0 Å². The highest BCUT2D eigenvalue weighted by atomic mass is 35.5. The summed E-state index contributed by atoms with van der Waals surface area (Å²) in [6.07, 6.45) is 2.10. The predicted molar refractivity (Wildman–Crippen MR) is 64.4 cm³/mol. The van der Waals surface area contributed by atoms with E-state index in [-0.39, 0.29) is 0 Å². The maximum Gasteiger partial charge on any atom is 0.130 e. The molecule has 0 aromatic carbocycles. The number of nitrogens with zero attached hydrogens (tertiary/aromatic N) is 2. The van der Waals surface area contributed by atoms with Gasteiger partial charge in [-0.25, -0.2) is 0 Å². The Balaban J connectivity index is 2.63. The van der Waals surface area contributed by atoms with E-state index in [9.17, 15) is 0 Å². The van der Waals surface area contributed by atoms with Gasteiger partial charge in [0, 0.05) is 18.7 Å². The summed E-state index contributed by atoms with van der Waals surface area (Å²) in [5.74, 6) is 0. The lowest BCUT2D eigenvalue weighted by Crippen LogP contribution is -2.28. The predicted octanol–water partition coefficient (Wildman–Crippen LogP) is 2.31. The Labute approximate surface area is 96.8 Å². The zero-order valence-corrected chi connectivity index (χ0v) is 10.7. The van der Waals surface area contributed by atoms with E-state index in [1.165, 1.54) is 0 Å². The molecule has 0 aliphatic rings. The molecule has 15 heavy (non-hydrogen) atoms. The Bertz CT molecular complexity index is 320. The van der Waals surface area contributed by atoms with Crippen molar-refractivity contribution in [2.75, 3.05) is 6.54 Å². The fraction of sp³-hybridized carbons (Fsp3) is 0.727. The summed E-state index contributed by atoms with van der Waals surface area (Å²) >= 11 is 6.16. The minimum Gasteiger partial charge on any atom is -0.314 e. The van der Waals surface area contributed by atoms with Gasteiger partial charge >= 0.3 is 0 Å². The van der Waals surface area contributed by atoms with E-state index in [1.54, 1.807) is 4.68 Å². The van der Waals surface area contributed by atoms with Crippen molar-refractivity contribution in [1.82, 2.24) is 15.1 Å². The van der Waals surface area contributed by atoms with E-state index in [2.05, 4.69) is 24.3 Å². The summed E-state index contributed by atoms with van der Waals surface area (Å²) in [5, 5.41) is 8.51. The summed E-state index contributed by atoms with van der Waals surface area (Å²) in [6.45, 7) is 7.41. The monoisotopic (exact) mass is 229 g/mol. The second kappa shape index (κ2) is 5.52. The Morgan fingerprint density at radius 2 is 2.20 bits per heavy atom. The Kier molecular flexibility index (Phi) is 4.61. The van der Waals surface area contributed by atoms with Crippen LogP contribution in [0.2, 0.25) is 5.15 Å². The molecule has 0 aliphatic heterocycles. The van der Waals surface area contributed by atoms with E-state index in [0.29, 0.717) is 6.04 Å². The number of aromatic nitrogens is 2. The third-order valence-electron chi connectivity index (χ3n) is 2.52. The van der Waals surface area contributed by atoms with Gasteiger partial charge in [-0.2, -0.15) is 5.10 Å². The molecule has 4 heteroatoms. The summed E-state index contributed by atoms with van der Waals surface area (Å²) in [5.41, 5.74) is 2.20. The highest BCUT2D eigenvalue weighted by molar-refractivity contribution is 6.30. The molecule has 0 saturated carbocycles. The number of aryl methyl sites for hydroxylation is 2. The van der Waals surface area contributed by atoms with Gasteiger partial charge in [0.15, 0.2) is 0 Å². The normalized spacial score (nSPS) is 13.1. The molecule has 0 bridgehead atoms. The first-order chi connectivity index (χ1) is 7.06. The van der Waals surface area contributed by atoms with Crippen LogP contribution in [-0.4, -0.2) is 22.4 Å². The van der Waals surface area contributed by atoms with Crippen LogP contribution in [0, 0.1) is 6.92 Å². The van der Waals surface area contributed by atoms with Gasteiger partial charge in [-0.05, 0) is 33.2 Å². The van der Waals surface area contributed by atoms with Crippen LogP contribution in [-0.2, 0) is 13.5 Å². The molecule has 1 atom stereocenters. The van der Waals surface area contributed by atoms with E-state index < -0.39 is 0 Å². The van der Waals surface area contributed by atoms with E-state index in [0.717, 1.165) is 35.8 Å². The van der Waals surface area contributed by atoms with Crippen LogP contribution in [0.1, 0.15) is 31.5 Å². The SMILES string of the molecule is CCCNC(C)Cc1c(C)nn(C)c1Cl. The van der Waals surface area contributed by atoms with Gasteiger partial charge in [-0.3, -0.25) is 4.68 Å². The molecule has 1 aromatic rings. The Morgan fingerprint density at radius 3 is 2.67 bits per heavy atom. The fourth-order valence-electron chi connectivity index (χ4n) is 1.67. The lowest BCUT2D eigenvalue weighted by molar-refractivity contribution is 0.542. The lowest BCUT2D eigenvalue weighted by atomic mass is 10.1. The molecule has 1 unspecified atom stereocenters. The van der Waals surface area contributed by atoms with Gasteiger partial charge < -0.3 is 5.32 Å². The van der Waals surface area contributed by atoms with Crippen LogP contribution in [0.4, 0.5) is 0 Å². The van der Waals surface area contributed by atoms with Crippen LogP contribution >= 0.6 is 11.6 Å². The standard InChI is InChI=1S/C11H20ClN3/c1-5-6-13-8(2)7-10-9(3)14-15(4)11(10)12/h8,13H,5-7H2,1-4H3.